The number of hydrogen-bond acceptors (Lipinski definition) is 4. The maximum absolute atomic E-state index is 13.1. The monoisotopic (exact) mass is 435 g/mol. The van der Waals surface area contributed by atoms with E-state index in [2.05, 4.69) is 64.2 Å². The van der Waals surface area contributed by atoms with Crippen LogP contribution in [0.25, 0.3) is 22.2 Å². The summed E-state index contributed by atoms with van der Waals surface area (Å²) in [5.74, 6) is 6.46. The molecule has 1 aliphatic rings. The lowest BCUT2D eigenvalue weighted by Gasteiger charge is -2.20. The van der Waals surface area contributed by atoms with Crippen LogP contribution in [-0.4, -0.2) is 64.1 Å². The summed E-state index contributed by atoms with van der Waals surface area (Å²) in [5, 5.41) is 8.04. The summed E-state index contributed by atoms with van der Waals surface area (Å²) in [6.07, 6.45) is 2.60. The van der Waals surface area contributed by atoms with Crippen LogP contribution in [0.2, 0.25) is 0 Å². The average molecular weight is 436 g/mol. The Morgan fingerprint density at radius 3 is 2.67 bits per heavy atom. The Balaban J connectivity index is 1.45. The van der Waals surface area contributed by atoms with Gasteiger partial charge in [-0.25, -0.2) is 4.98 Å². The minimum absolute atomic E-state index is 0.00304. The van der Waals surface area contributed by atoms with Crippen molar-refractivity contribution in [1.29, 1.82) is 0 Å². The van der Waals surface area contributed by atoms with Crippen LogP contribution in [0.15, 0.2) is 66.9 Å². The number of carbonyl (C=O) groups excluding carboxylic acids is 1. The molecule has 164 valence electrons. The van der Waals surface area contributed by atoms with Gasteiger partial charge in [0.1, 0.15) is 5.69 Å². The molecule has 3 heterocycles. The molecule has 4 aromatic rings. The number of aromatic nitrogens is 3. The molecule has 0 bridgehead atoms. The first-order valence-electron chi connectivity index (χ1n) is 11.1. The molecule has 33 heavy (non-hydrogen) atoms. The Morgan fingerprint density at radius 2 is 1.88 bits per heavy atom. The number of fused-ring (bicyclic) bond motifs is 1. The van der Waals surface area contributed by atoms with Gasteiger partial charge in [-0.05, 0) is 49.7 Å². The van der Waals surface area contributed by atoms with E-state index in [1.165, 1.54) is 0 Å². The quantitative estimate of drug-likeness (QED) is 0.497. The second-order valence-corrected chi connectivity index (χ2v) is 8.51. The highest BCUT2D eigenvalue weighted by molar-refractivity contribution is 5.98. The molecule has 0 radical (unpaired) electrons. The van der Waals surface area contributed by atoms with Gasteiger partial charge < -0.3 is 9.80 Å². The number of hydrogen-bond donors (Lipinski definition) is 1. The van der Waals surface area contributed by atoms with Crippen molar-refractivity contribution in [2.75, 3.05) is 27.2 Å². The largest absolute Gasteiger partial charge is 0.337 e. The summed E-state index contributed by atoms with van der Waals surface area (Å²) in [5.41, 5.74) is 4.89. The van der Waals surface area contributed by atoms with Crippen molar-refractivity contribution in [3.05, 3.63) is 83.7 Å². The summed E-state index contributed by atoms with van der Waals surface area (Å²) in [6.45, 7) is 1.49. The number of nitrogens with one attached hydrogen (secondary N) is 1. The highest BCUT2D eigenvalue weighted by Crippen LogP contribution is 2.23. The molecular weight excluding hydrogens is 410 g/mol. The van der Waals surface area contributed by atoms with Gasteiger partial charge in [0.05, 0.1) is 10.9 Å². The first-order valence-corrected chi connectivity index (χ1v) is 11.1. The lowest BCUT2D eigenvalue weighted by atomic mass is 10.00. The minimum atomic E-state index is 0.00304. The molecule has 1 atom stereocenters. The zero-order valence-electron chi connectivity index (χ0n) is 18.7. The van der Waals surface area contributed by atoms with Crippen molar-refractivity contribution in [3.63, 3.8) is 0 Å². The third kappa shape index (κ3) is 4.23. The van der Waals surface area contributed by atoms with Gasteiger partial charge in [-0.1, -0.05) is 54.5 Å². The number of aromatic amines is 1. The highest BCUT2D eigenvalue weighted by Gasteiger charge is 2.28. The van der Waals surface area contributed by atoms with E-state index in [0.29, 0.717) is 22.9 Å². The fraction of sp³-hybridized carbons (Fsp3) is 0.222. The van der Waals surface area contributed by atoms with Crippen LogP contribution in [0.3, 0.4) is 0 Å². The normalized spacial score (nSPS) is 15.6. The van der Waals surface area contributed by atoms with E-state index >= 15 is 0 Å². The summed E-state index contributed by atoms with van der Waals surface area (Å²) in [4.78, 5) is 21.6. The molecule has 2 aromatic carbocycles. The lowest BCUT2D eigenvalue weighted by Crippen LogP contribution is -2.34. The van der Waals surface area contributed by atoms with E-state index in [0.717, 1.165) is 41.6 Å². The average Bonchev–Trinajstić information content (AvgIpc) is 3.50. The van der Waals surface area contributed by atoms with Gasteiger partial charge in [-0.15, -0.1) is 0 Å². The summed E-state index contributed by atoms with van der Waals surface area (Å²) >= 11 is 0. The molecule has 5 rings (SSSR count). The Kier molecular flexibility index (Phi) is 5.64. The fourth-order valence-corrected chi connectivity index (χ4v) is 4.23. The van der Waals surface area contributed by atoms with Gasteiger partial charge in [-0.3, -0.25) is 9.89 Å². The number of pyridine rings is 1. The molecule has 1 amide bonds. The molecule has 0 spiro atoms. The number of nitrogens with zero attached hydrogens (tertiary/aromatic N) is 4. The van der Waals surface area contributed by atoms with Gasteiger partial charge >= 0.3 is 0 Å². The Morgan fingerprint density at radius 1 is 1.09 bits per heavy atom. The lowest BCUT2D eigenvalue weighted by molar-refractivity contribution is 0.0783. The molecular formula is C27H25N5O. The highest BCUT2D eigenvalue weighted by atomic mass is 16.2. The predicted octanol–water partition coefficient (Wildman–Crippen LogP) is 3.80. The Hall–Kier alpha value is -3.95. The number of amides is 1. The zero-order valence-corrected chi connectivity index (χ0v) is 18.7. The number of likely N-dealkylation sites (tertiary alicyclic amines) is 1. The van der Waals surface area contributed by atoms with Crippen LogP contribution in [0.1, 0.15) is 28.0 Å². The Bertz CT molecular complexity index is 1360. The van der Waals surface area contributed by atoms with Crippen LogP contribution in [-0.2, 0) is 0 Å². The number of carbonyl (C=O) groups is 1. The van der Waals surface area contributed by atoms with Crippen LogP contribution in [0.5, 0.6) is 0 Å². The van der Waals surface area contributed by atoms with Crippen LogP contribution < -0.4 is 0 Å². The number of likely N-dealkylation sites (N-methyl/N-ethyl adjacent to an activating group) is 1. The topological polar surface area (TPSA) is 65.1 Å². The van der Waals surface area contributed by atoms with E-state index in [1.54, 1.807) is 6.20 Å². The minimum Gasteiger partial charge on any atom is -0.337 e. The fourth-order valence-electron chi connectivity index (χ4n) is 4.23. The van der Waals surface area contributed by atoms with E-state index in [1.807, 2.05) is 47.4 Å². The van der Waals surface area contributed by atoms with Crippen LogP contribution in [0, 0.1) is 11.8 Å². The van der Waals surface area contributed by atoms with Gasteiger partial charge in [0.2, 0.25) is 0 Å². The smallest absolute Gasteiger partial charge is 0.255 e. The maximum atomic E-state index is 13.1. The van der Waals surface area contributed by atoms with E-state index < -0.39 is 0 Å². The van der Waals surface area contributed by atoms with Crippen LogP contribution in [0.4, 0.5) is 0 Å². The van der Waals surface area contributed by atoms with Crippen molar-refractivity contribution in [2.24, 2.45) is 0 Å². The first kappa shape index (κ1) is 20.9. The van der Waals surface area contributed by atoms with Crippen molar-refractivity contribution in [3.8, 4) is 23.0 Å². The van der Waals surface area contributed by atoms with E-state index in [9.17, 15) is 4.79 Å². The molecule has 1 fully saturated rings. The molecule has 0 aliphatic carbocycles. The Labute approximate surface area is 193 Å². The second kappa shape index (κ2) is 8.89. The molecule has 2 aromatic heterocycles. The molecule has 1 saturated heterocycles. The van der Waals surface area contributed by atoms with Crippen molar-refractivity contribution < 1.29 is 4.79 Å². The molecule has 1 N–H and O–H groups in total. The number of rotatable bonds is 3. The van der Waals surface area contributed by atoms with Crippen LogP contribution >= 0.6 is 0 Å². The van der Waals surface area contributed by atoms with E-state index in [4.69, 9.17) is 0 Å². The summed E-state index contributed by atoms with van der Waals surface area (Å²) in [7, 11) is 4.11. The zero-order chi connectivity index (χ0) is 22.8. The standard InChI is InChI=1S/C27H25N5O/c1-31(2)22-14-15-32(18-22)27(33)21-16-24-25(29-30-26(24)28-17-21)13-12-20-10-6-7-11-23(20)19-8-4-3-5-9-19/h3-11,16-17,22H,14-15,18H2,1-2H3,(H,28,29,30). The van der Waals surface area contributed by atoms with Crippen molar-refractivity contribution in [2.45, 2.75) is 12.5 Å². The molecule has 6 heteroatoms. The third-order valence-electron chi connectivity index (χ3n) is 6.17. The molecule has 1 unspecified atom stereocenters. The van der Waals surface area contributed by atoms with Gasteiger partial charge in [-0.2, -0.15) is 5.10 Å². The number of benzene rings is 2. The third-order valence-corrected chi connectivity index (χ3v) is 6.17. The van der Waals surface area contributed by atoms with Gasteiger partial charge in [0.15, 0.2) is 5.65 Å². The number of H-pyrrole nitrogens is 1. The summed E-state index contributed by atoms with van der Waals surface area (Å²) in [6, 6.07) is 20.5. The second-order valence-electron chi connectivity index (χ2n) is 8.51. The van der Waals surface area contributed by atoms with Crippen molar-refractivity contribution >= 4 is 16.9 Å². The van der Waals surface area contributed by atoms with Crippen molar-refractivity contribution in [1.82, 2.24) is 25.0 Å². The van der Waals surface area contributed by atoms with Gasteiger partial charge in [0.25, 0.3) is 5.91 Å². The molecule has 1 aliphatic heterocycles. The predicted molar refractivity (Wildman–Crippen MR) is 130 cm³/mol. The van der Waals surface area contributed by atoms with E-state index in [-0.39, 0.29) is 5.91 Å². The maximum Gasteiger partial charge on any atom is 0.255 e. The SMILES string of the molecule is CN(C)C1CCN(C(=O)c2cnc3[nH]nc(C#Cc4ccccc4-c4ccccc4)c3c2)C1. The molecule has 6 nitrogen and oxygen atoms in total. The van der Waals surface area contributed by atoms with Gasteiger partial charge in [0, 0.05) is 30.9 Å². The molecule has 0 saturated carbocycles. The first-order chi connectivity index (χ1) is 16.1. The summed E-state index contributed by atoms with van der Waals surface area (Å²) < 4.78 is 0.